The van der Waals surface area contributed by atoms with Crippen molar-refractivity contribution in [3.63, 3.8) is 0 Å². The Morgan fingerprint density at radius 2 is 1.76 bits per heavy atom. The summed E-state index contributed by atoms with van der Waals surface area (Å²) in [6, 6.07) is 18.1. The first-order valence-electron chi connectivity index (χ1n) is 11.8. The van der Waals surface area contributed by atoms with Gasteiger partial charge in [0, 0.05) is 27.3 Å². The molecule has 3 aromatic carbocycles. The number of nitrogens with one attached hydrogen (secondary N) is 3. The molecule has 0 aromatic heterocycles. The van der Waals surface area contributed by atoms with Crippen LogP contribution in [0.5, 0.6) is 5.75 Å². The molecular formula is C28H28BrClN4O4. The molecule has 0 atom stereocenters. The molecule has 0 bridgehead atoms. The third-order valence-electron chi connectivity index (χ3n) is 5.46. The zero-order chi connectivity index (χ0) is 27.7. The zero-order valence-corrected chi connectivity index (χ0v) is 23.5. The molecule has 3 N–H and O–H groups in total. The first-order chi connectivity index (χ1) is 18.1. The highest BCUT2D eigenvalue weighted by molar-refractivity contribution is 9.10. The number of rotatable bonds is 9. The molecule has 38 heavy (non-hydrogen) atoms. The van der Waals surface area contributed by atoms with Gasteiger partial charge in [-0.15, -0.1) is 0 Å². The minimum absolute atomic E-state index is 0.217. The van der Waals surface area contributed by atoms with E-state index >= 15 is 0 Å². The molecule has 0 radical (unpaired) electrons. The SMILES string of the molecule is Cc1ccc(NC(=O)COc2ccc(Br)cc2/C=N\NC(=O)C(=O)NCc2ccc(C(C)C)cc2)cc1Cl. The van der Waals surface area contributed by atoms with Gasteiger partial charge >= 0.3 is 11.8 Å². The van der Waals surface area contributed by atoms with Crippen LogP contribution in [0.15, 0.2) is 70.2 Å². The summed E-state index contributed by atoms with van der Waals surface area (Å²) in [4.78, 5) is 36.6. The molecule has 3 aromatic rings. The van der Waals surface area contributed by atoms with Gasteiger partial charge in [-0.3, -0.25) is 14.4 Å². The fourth-order valence-electron chi connectivity index (χ4n) is 3.26. The lowest BCUT2D eigenvalue weighted by Gasteiger charge is -2.11. The molecule has 10 heteroatoms. The van der Waals surface area contributed by atoms with Crippen LogP contribution in [0.25, 0.3) is 0 Å². The van der Waals surface area contributed by atoms with Crippen molar-refractivity contribution in [2.75, 3.05) is 11.9 Å². The van der Waals surface area contributed by atoms with Crippen molar-refractivity contribution in [2.45, 2.75) is 33.2 Å². The Bertz CT molecular complexity index is 1340. The Morgan fingerprint density at radius 3 is 2.45 bits per heavy atom. The van der Waals surface area contributed by atoms with Gasteiger partial charge in [-0.2, -0.15) is 5.10 Å². The fraction of sp³-hybridized carbons (Fsp3) is 0.214. The van der Waals surface area contributed by atoms with E-state index in [2.05, 4.69) is 50.9 Å². The smallest absolute Gasteiger partial charge is 0.329 e. The summed E-state index contributed by atoms with van der Waals surface area (Å²) in [5.41, 5.74) is 6.22. The van der Waals surface area contributed by atoms with Crippen LogP contribution in [0.3, 0.4) is 0 Å². The average Bonchev–Trinajstić information content (AvgIpc) is 2.89. The van der Waals surface area contributed by atoms with Gasteiger partial charge in [-0.1, -0.05) is 71.7 Å². The number of benzene rings is 3. The molecule has 8 nitrogen and oxygen atoms in total. The molecule has 0 saturated heterocycles. The molecule has 198 valence electrons. The summed E-state index contributed by atoms with van der Waals surface area (Å²) in [7, 11) is 0. The van der Waals surface area contributed by atoms with Crippen LogP contribution in [0.2, 0.25) is 5.02 Å². The average molecular weight is 600 g/mol. The van der Waals surface area contributed by atoms with Crippen molar-refractivity contribution in [1.29, 1.82) is 0 Å². The number of amides is 3. The summed E-state index contributed by atoms with van der Waals surface area (Å²) in [6.07, 6.45) is 1.33. The number of anilines is 1. The molecule has 0 spiro atoms. The van der Waals surface area contributed by atoms with E-state index in [1.807, 2.05) is 31.2 Å². The maximum atomic E-state index is 12.3. The van der Waals surface area contributed by atoms with Crippen molar-refractivity contribution in [1.82, 2.24) is 10.7 Å². The van der Waals surface area contributed by atoms with Crippen LogP contribution >= 0.6 is 27.5 Å². The second-order valence-electron chi connectivity index (χ2n) is 8.76. The molecule has 0 aliphatic heterocycles. The van der Waals surface area contributed by atoms with Gasteiger partial charge in [0.15, 0.2) is 6.61 Å². The van der Waals surface area contributed by atoms with E-state index < -0.39 is 11.8 Å². The minimum Gasteiger partial charge on any atom is -0.483 e. The summed E-state index contributed by atoms with van der Waals surface area (Å²) in [6.45, 7) is 6.03. The lowest BCUT2D eigenvalue weighted by Crippen LogP contribution is -2.37. The first-order valence-corrected chi connectivity index (χ1v) is 13.0. The summed E-state index contributed by atoms with van der Waals surface area (Å²) in [5.74, 6) is -1.33. The second-order valence-corrected chi connectivity index (χ2v) is 10.1. The highest BCUT2D eigenvalue weighted by atomic mass is 79.9. The minimum atomic E-state index is -0.909. The molecule has 0 unspecified atom stereocenters. The normalized spacial score (nSPS) is 10.9. The Balaban J connectivity index is 1.52. The Hall–Kier alpha value is -3.69. The molecule has 3 amide bonds. The zero-order valence-electron chi connectivity index (χ0n) is 21.2. The molecule has 0 saturated carbocycles. The monoisotopic (exact) mass is 598 g/mol. The first kappa shape index (κ1) is 28.9. The van der Waals surface area contributed by atoms with Gasteiger partial charge in [0.1, 0.15) is 5.75 Å². The Morgan fingerprint density at radius 1 is 1.03 bits per heavy atom. The Labute approximate surface area is 234 Å². The van der Waals surface area contributed by atoms with Crippen LogP contribution in [0.1, 0.15) is 42.0 Å². The van der Waals surface area contributed by atoms with E-state index in [4.69, 9.17) is 16.3 Å². The van der Waals surface area contributed by atoms with Gasteiger partial charge in [-0.05, 0) is 59.9 Å². The fourth-order valence-corrected chi connectivity index (χ4v) is 3.82. The predicted molar refractivity (Wildman–Crippen MR) is 153 cm³/mol. The topological polar surface area (TPSA) is 109 Å². The number of ether oxygens (including phenoxy) is 1. The number of aryl methyl sites for hydroxylation is 1. The largest absolute Gasteiger partial charge is 0.483 e. The van der Waals surface area contributed by atoms with E-state index in [1.54, 1.807) is 36.4 Å². The van der Waals surface area contributed by atoms with E-state index in [9.17, 15) is 14.4 Å². The number of carbonyl (C=O) groups excluding carboxylic acids is 3. The number of carbonyl (C=O) groups is 3. The quantitative estimate of drug-likeness (QED) is 0.176. The lowest BCUT2D eigenvalue weighted by molar-refractivity contribution is -0.139. The lowest BCUT2D eigenvalue weighted by atomic mass is 10.0. The number of nitrogens with zero attached hydrogens (tertiary/aromatic N) is 1. The van der Waals surface area contributed by atoms with Crippen molar-refractivity contribution >= 4 is 57.2 Å². The summed E-state index contributed by atoms with van der Waals surface area (Å²) < 4.78 is 6.38. The predicted octanol–water partition coefficient (Wildman–Crippen LogP) is 5.32. The van der Waals surface area contributed by atoms with Crippen molar-refractivity contribution in [2.24, 2.45) is 5.10 Å². The highest BCUT2D eigenvalue weighted by Gasteiger charge is 2.13. The van der Waals surface area contributed by atoms with Gasteiger partial charge < -0.3 is 15.4 Å². The number of hydrogen-bond acceptors (Lipinski definition) is 5. The van der Waals surface area contributed by atoms with E-state index in [0.717, 1.165) is 15.6 Å². The van der Waals surface area contributed by atoms with Gasteiger partial charge in [0.25, 0.3) is 5.91 Å². The van der Waals surface area contributed by atoms with E-state index in [-0.39, 0.29) is 19.1 Å². The second kappa shape index (κ2) is 13.7. The molecule has 0 aliphatic rings. The van der Waals surface area contributed by atoms with Crippen LogP contribution in [0, 0.1) is 6.92 Å². The maximum absolute atomic E-state index is 12.3. The molecular weight excluding hydrogens is 572 g/mol. The van der Waals surface area contributed by atoms with Crippen LogP contribution in [-0.2, 0) is 20.9 Å². The van der Waals surface area contributed by atoms with E-state index in [0.29, 0.717) is 27.9 Å². The van der Waals surface area contributed by atoms with E-state index in [1.165, 1.54) is 11.8 Å². The standard InChI is InChI=1S/C28H28BrClN4O4/c1-17(2)20-7-5-19(6-8-20)14-31-27(36)28(37)34-32-15-21-12-22(29)9-11-25(21)38-16-26(35)33-23-10-4-18(3)24(30)13-23/h4-13,15,17H,14,16H2,1-3H3,(H,31,36)(H,33,35)(H,34,37)/b32-15-. The van der Waals surface area contributed by atoms with Gasteiger partial charge in [0.05, 0.1) is 6.21 Å². The molecule has 0 aliphatic carbocycles. The molecule has 3 rings (SSSR count). The highest BCUT2D eigenvalue weighted by Crippen LogP contribution is 2.23. The maximum Gasteiger partial charge on any atom is 0.329 e. The number of halogens is 2. The van der Waals surface area contributed by atoms with Crippen molar-refractivity contribution in [3.05, 3.63) is 92.4 Å². The third-order valence-corrected chi connectivity index (χ3v) is 6.36. The summed E-state index contributed by atoms with van der Waals surface area (Å²) in [5, 5.41) is 9.70. The van der Waals surface area contributed by atoms with Crippen molar-refractivity contribution < 1.29 is 19.1 Å². The van der Waals surface area contributed by atoms with Crippen LogP contribution in [-0.4, -0.2) is 30.5 Å². The van der Waals surface area contributed by atoms with Crippen LogP contribution < -0.4 is 20.8 Å². The summed E-state index contributed by atoms with van der Waals surface area (Å²) >= 11 is 9.47. The molecule has 0 fully saturated rings. The Kier molecular flexibility index (Phi) is 10.4. The van der Waals surface area contributed by atoms with Gasteiger partial charge in [0.2, 0.25) is 0 Å². The van der Waals surface area contributed by atoms with Crippen LogP contribution in [0.4, 0.5) is 5.69 Å². The van der Waals surface area contributed by atoms with Crippen molar-refractivity contribution in [3.8, 4) is 5.75 Å². The third kappa shape index (κ3) is 8.71. The molecule has 0 heterocycles. The number of hydrogen-bond donors (Lipinski definition) is 3. The van der Waals surface area contributed by atoms with Gasteiger partial charge in [-0.25, -0.2) is 5.43 Å². The number of hydrazone groups is 1.